The Kier molecular flexibility index (Phi) is 4.50. The van der Waals surface area contributed by atoms with E-state index in [9.17, 15) is 24.9 Å². The van der Waals surface area contributed by atoms with Crippen molar-refractivity contribution in [2.45, 2.75) is 5.60 Å². The van der Waals surface area contributed by atoms with E-state index in [4.69, 9.17) is 32.7 Å². The van der Waals surface area contributed by atoms with Crippen molar-refractivity contribution in [1.29, 1.82) is 0 Å². The molecule has 0 saturated carbocycles. The number of carboxylic acids is 1. The Morgan fingerprint density at radius 1 is 0.763 bits per heavy atom. The molecule has 186 valence electrons. The highest BCUT2D eigenvalue weighted by Gasteiger charge is 2.57. The second-order valence-corrected chi connectivity index (χ2v) is 9.86. The number of phenols is 2. The monoisotopic (exact) mass is 544 g/mol. The van der Waals surface area contributed by atoms with Gasteiger partial charge in [0, 0.05) is 28.5 Å². The lowest BCUT2D eigenvalue weighted by Gasteiger charge is -2.38. The molecule has 0 aromatic heterocycles. The SMILES string of the molecule is O=C(O)c1cc(Cl)c2c(c1Cl)C(=O)OC21c2c(cc(O)c3ccccc23)Oc2cc(O)c3ccccc3c21. The number of hydrogen-bond donors (Lipinski definition) is 3. The van der Waals surface area contributed by atoms with Crippen LogP contribution in [0.1, 0.15) is 37.4 Å². The number of aromatic carboxylic acids is 1. The first-order chi connectivity index (χ1) is 18.2. The van der Waals surface area contributed by atoms with Crippen molar-refractivity contribution >= 4 is 56.7 Å². The Morgan fingerprint density at radius 3 is 1.76 bits per heavy atom. The summed E-state index contributed by atoms with van der Waals surface area (Å²) in [4.78, 5) is 25.5. The largest absolute Gasteiger partial charge is 0.507 e. The fourth-order valence-electron chi connectivity index (χ4n) is 5.70. The summed E-state index contributed by atoms with van der Waals surface area (Å²) < 4.78 is 12.5. The van der Waals surface area contributed by atoms with Gasteiger partial charge >= 0.3 is 11.9 Å². The zero-order chi connectivity index (χ0) is 26.5. The Hall–Kier alpha value is -4.46. The van der Waals surface area contributed by atoms with E-state index in [1.165, 1.54) is 18.2 Å². The number of carbonyl (C=O) groups excluding carboxylic acids is 1. The van der Waals surface area contributed by atoms with Gasteiger partial charge in [-0.3, -0.25) is 0 Å². The van der Waals surface area contributed by atoms with Crippen LogP contribution in [0.15, 0.2) is 66.7 Å². The lowest BCUT2D eigenvalue weighted by Crippen LogP contribution is -2.34. The number of halogens is 2. The Morgan fingerprint density at radius 2 is 1.26 bits per heavy atom. The van der Waals surface area contributed by atoms with Gasteiger partial charge in [0.25, 0.3) is 0 Å². The van der Waals surface area contributed by atoms with Crippen molar-refractivity contribution in [1.82, 2.24) is 0 Å². The van der Waals surface area contributed by atoms with Crippen LogP contribution in [-0.4, -0.2) is 27.3 Å². The van der Waals surface area contributed by atoms with Crippen LogP contribution in [0.25, 0.3) is 21.5 Å². The molecule has 1 spiro atoms. The van der Waals surface area contributed by atoms with Crippen molar-refractivity contribution < 1.29 is 34.4 Å². The predicted molar refractivity (Wildman–Crippen MR) is 140 cm³/mol. The van der Waals surface area contributed by atoms with E-state index >= 15 is 0 Å². The summed E-state index contributed by atoms with van der Waals surface area (Å²) in [6.45, 7) is 0. The molecule has 0 bridgehead atoms. The Labute approximate surface area is 224 Å². The highest BCUT2D eigenvalue weighted by atomic mass is 35.5. The molecule has 2 heterocycles. The van der Waals surface area contributed by atoms with Gasteiger partial charge in [-0.25, -0.2) is 9.59 Å². The number of esters is 1. The summed E-state index contributed by atoms with van der Waals surface area (Å²) >= 11 is 13.3. The number of rotatable bonds is 1. The fraction of sp³-hybridized carbons (Fsp3) is 0.0345. The van der Waals surface area contributed by atoms with Crippen molar-refractivity contribution in [3.05, 3.63) is 105 Å². The van der Waals surface area contributed by atoms with Crippen LogP contribution in [0, 0.1) is 0 Å². The van der Waals surface area contributed by atoms with E-state index in [1.54, 1.807) is 48.5 Å². The molecule has 5 aromatic carbocycles. The molecule has 38 heavy (non-hydrogen) atoms. The molecule has 0 aliphatic carbocycles. The summed E-state index contributed by atoms with van der Waals surface area (Å²) in [6.07, 6.45) is 0. The number of fused-ring (bicyclic) bond motifs is 10. The quantitative estimate of drug-likeness (QED) is 0.195. The first kappa shape index (κ1) is 22.7. The predicted octanol–water partition coefficient (Wildman–Crippen LogP) is 6.98. The first-order valence-electron chi connectivity index (χ1n) is 11.4. The molecular formula is C29H14Cl2O7. The first-order valence-corrected chi connectivity index (χ1v) is 12.2. The number of carbonyl (C=O) groups is 2. The normalized spacial score (nSPS) is 14.6. The molecule has 0 atom stereocenters. The van der Waals surface area contributed by atoms with Gasteiger partial charge in [-0.2, -0.15) is 0 Å². The lowest BCUT2D eigenvalue weighted by molar-refractivity contribution is 0.0234. The van der Waals surface area contributed by atoms with Gasteiger partial charge in [-0.15, -0.1) is 0 Å². The standard InChI is InChI=1S/C29H14Cl2O7/c30-17-9-16(27(34)35)26(31)22-25(17)29(38-28(22)36)23-14-7-3-1-5-12(14)18(32)10-20(23)37-21-11-19(33)13-6-2-4-8-15(13)24(21)29/h1-11,32-33H,(H,34,35). The van der Waals surface area contributed by atoms with Crippen molar-refractivity contribution in [3.8, 4) is 23.0 Å². The van der Waals surface area contributed by atoms with Crippen LogP contribution in [0.5, 0.6) is 23.0 Å². The molecule has 5 aromatic rings. The number of hydrogen-bond acceptors (Lipinski definition) is 6. The van der Waals surface area contributed by atoms with Gasteiger partial charge in [-0.1, -0.05) is 71.7 Å². The molecule has 7 rings (SSSR count). The number of phenolic OH excluding ortho intramolecular Hbond substituents is 2. The van der Waals surface area contributed by atoms with Crippen molar-refractivity contribution in [2.24, 2.45) is 0 Å². The minimum Gasteiger partial charge on any atom is -0.507 e. The summed E-state index contributed by atoms with van der Waals surface area (Å²) in [5, 5.41) is 33.0. The third kappa shape index (κ3) is 2.69. The van der Waals surface area contributed by atoms with Crippen LogP contribution in [0.2, 0.25) is 10.0 Å². The number of carboxylic acid groups (broad SMARTS) is 1. The molecule has 0 amide bonds. The molecule has 0 saturated heterocycles. The maximum Gasteiger partial charge on any atom is 0.341 e. The molecule has 9 heteroatoms. The summed E-state index contributed by atoms with van der Waals surface area (Å²) in [5.74, 6) is -2.04. The molecular weight excluding hydrogens is 531 g/mol. The molecule has 0 fully saturated rings. The average molecular weight is 545 g/mol. The van der Waals surface area contributed by atoms with E-state index < -0.39 is 17.5 Å². The molecule has 3 N–H and O–H groups in total. The second kappa shape index (κ2) is 7.54. The second-order valence-electron chi connectivity index (χ2n) is 9.08. The highest BCUT2D eigenvalue weighted by molar-refractivity contribution is 6.39. The molecule has 2 aliphatic heterocycles. The van der Waals surface area contributed by atoms with E-state index in [0.717, 1.165) is 0 Å². The van der Waals surface area contributed by atoms with Crippen molar-refractivity contribution in [2.75, 3.05) is 0 Å². The maximum absolute atomic E-state index is 13.6. The molecule has 0 unspecified atom stereocenters. The van der Waals surface area contributed by atoms with Gasteiger partial charge in [0.15, 0.2) is 5.60 Å². The fourth-order valence-corrected chi connectivity index (χ4v) is 6.35. The van der Waals surface area contributed by atoms with Crippen LogP contribution in [0.3, 0.4) is 0 Å². The number of benzene rings is 5. The Balaban J connectivity index is 1.75. The molecule has 2 aliphatic rings. The average Bonchev–Trinajstić information content (AvgIpc) is 3.19. The van der Waals surface area contributed by atoms with Gasteiger partial charge in [0.05, 0.1) is 32.3 Å². The summed E-state index contributed by atoms with van der Waals surface area (Å²) in [6, 6.07) is 18.0. The third-order valence-electron chi connectivity index (χ3n) is 7.15. The van der Waals surface area contributed by atoms with Crippen LogP contribution < -0.4 is 4.74 Å². The zero-order valence-electron chi connectivity index (χ0n) is 19.1. The number of ether oxygens (including phenoxy) is 2. The van der Waals surface area contributed by atoms with Gasteiger partial charge < -0.3 is 24.8 Å². The van der Waals surface area contributed by atoms with Crippen molar-refractivity contribution in [3.63, 3.8) is 0 Å². The minimum absolute atomic E-state index is 0.0548. The lowest BCUT2D eigenvalue weighted by atomic mass is 9.74. The smallest absolute Gasteiger partial charge is 0.341 e. The molecule has 7 nitrogen and oxygen atoms in total. The van der Waals surface area contributed by atoms with E-state index in [0.29, 0.717) is 32.7 Å². The highest BCUT2D eigenvalue weighted by Crippen LogP contribution is 2.63. The van der Waals surface area contributed by atoms with Gasteiger partial charge in [0.1, 0.15) is 23.0 Å². The Bertz CT molecular complexity index is 1840. The van der Waals surface area contributed by atoms with Gasteiger partial charge in [-0.05, 0) is 16.8 Å². The topological polar surface area (TPSA) is 113 Å². The van der Waals surface area contributed by atoms with E-state index in [-0.39, 0.29) is 49.7 Å². The van der Waals surface area contributed by atoms with Crippen LogP contribution in [-0.2, 0) is 10.3 Å². The third-order valence-corrected chi connectivity index (χ3v) is 7.84. The maximum atomic E-state index is 13.6. The molecule has 0 radical (unpaired) electrons. The van der Waals surface area contributed by atoms with Crippen LogP contribution in [0.4, 0.5) is 0 Å². The van der Waals surface area contributed by atoms with E-state index in [1.807, 2.05) is 0 Å². The van der Waals surface area contributed by atoms with E-state index in [2.05, 4.69) is 0 Å². The van der Waals surface area contributed by atoms with Gasteiger partial charge in [0.2, 0.25) is 0 Å². The number of aromatic hydroxyl groups is 2. The summed E-state index contributed by atoms with van der Waals surface area (Å²) in [5.41, 5.74) is -1.37. The summed E-state index contributed by atoms with van der Waals surface area (Å²) in [7, 11) is 0. The minimum atomic E-state index is -1.76. The zero-order valence-corrected chi connectivity index (χ0v) is 20.6. The van der Waals surface area contributed by atoms with Crippen LogP contribution >= 0.6 is 23.2 Å².